The molecule has 1 saturated heterocycles. The third-order valence-corrected chi connectivity index (χ3v) is 6.88. The van der Waals surface area contributed by atoms with Crippen molar-refractivity contribution in [3.8, 4) is 0 Å². The van der Waals surface area contributed by atoms with Gasteiger partial charge in [-0.05, 0) is 48.9 Å². The fraction of sp³-hybridized carbons (Fsp3) is 0.370. The predicted molar refractivity (Wildman–Crippen MR) is 137 cm³/mol. The maximum absolute atomic E-state index is 13.7. The number of rotatable bonds is 8. The Balaban J connectivity index is 1.62. The van der Waals surface area contributed by atoms with Crippen LogP contribution in [0, 0.1) is 12.8 Å². The zero-order valence-corrected chi connectivity index (χ0v) is 21.1. The molecular weight excluding hydrogens is 456 g/mol. The highest BCUT2D eigenvalue weighted by molar-refractivity contribution is 6.12. The Hall–Kier alpha value is -4.01. The number of aryl methyl sites for hydroxylation is 2. The van der Waals surface area contributed by atoms with E-state index in [1.165, 1.54) is 4.90 Å². The molecule has 36 heavy (non-hydrogen) atoms. The van der Waals surface area contributed by atoms with Gasteiger partial charge in [-0.2, -0.15) is 5.10 Å². The van der Waals surface area contributed by atoms with E-state index in [1.54, 1.807) is 37.1 Å². The average molecular weight is 489 g/mol. The quantitative estimate of drug-likeness (QED) is 0.488. The van der Waals surface area contributed by atoms with Crippen LogP contribution in [0.3, 0.4) is 0 Å². The molecule has 9 nitrogen and oxygen atoms in total. The summed E-state index contributed by atoms with van der Waals surface area (Å²) in [5.74, 6) is -0.794. The Morgan fingerprint density at radius 3 is 2.50 bits per heavy atom. The molecule has 0 bridgehead atoms. The number of carbonyl (C=O) groups excluding carboxylic acids is 3. The van der Waals surface area contributed by atoms with Gasteiger partial charge in [-0.25, -0.2) is 4.98 Å². The molecule has 2 N–H and O–H groups in total. The van der Waals surface area contributed by atoms with Crippen molar-refractivity contribution < 1.29 is 14.4 Å². The second-order valence-corrected chi connectivity index (χ2v) is 9.33. The van der Waals surface area contributed by atoms with Crippen LogP contribution in [0.2, 0.25) is 0 Å². The number of benzene rings is 1. The smallest absolute Gasteiger partial charge is 0.252 e. The number of nitrogens with zero attached hydrogens (tertiary/aromatic N) is 5. The van der Waals surface area contributed by atoms with Gasteiger partial charge in [0.05, 0.1) is 12.1 Å². The highest BCUT2D eigenvalue weighted by Crippen LogP contribution is 2.35. The van der Waals surface area contributed by atoms with Crippen LogP contribution in [-0.4, -0.2) is 50.5 Å². The number of carbonyl (C=O) groups is 3. The van der Waals surface area contributed by atoms with Gasteiger partial charge in [0.15, 0.2) is 0 Å². The standard InChI is InChI=1S/C27H32N6O3/c1-5-19(20-9-7-6-8-10-20)16-24(34)33-25(27(36)31(3)23-11-12-29-32(23)4)21(26(33)35)14-18-13-17(2)30-22(28)15-18/h6-13,15,19,21,25H,5,14,16H2,1-4H3,(H2,28,30)/t19-,21+,25-/m0/s1. The van der Waals surface area contributed by atoms with Gasteiger partial charge >= 0.3 is 0 Å². The fourth-order valence-electron chi connectivity index (χ4n) is 4.99. The number of hydrogen-bond donors (Lipinski definition) is 1. The molecule has 4 rings (SSSR count). The molecule has 0 radical (unpaired) electrons. The van der Waals surface area contributed by atoms with Gasteiger partial charge in [-0.1, -0.05) is 37.3 Å². The first-order valence-electron chi connectivity index (χ1n) is 12.1. The summed E-state index contributed by atoms with van der Waals surface area (Å²) in [6.45, 7) is 3.84. The number of anilines is 2. The average Bonchev–Trinajstić information content (AvgIpc) is 3.28. The van der Waals surface area contributed by atoms with E-state index in [1.807, 2.05) is 50.2 Å². The molecule has 188 valence electrons. The van der Waals surface area contributed by atoms with Crippen molar-refractivity contribution in [3.05, 3.63) is 71.5 Å². The first-order chi connectivity index (χ1) is 17.2. The molecule has 3 aromatic rings. The summed E-state index contributed by atoms with van der Waals surface area (Å²) < 4.78 is 1.58. The van der Waals surface area contributed by atoms with E-state index in [0.29, 0.717) is 18.1 Å². The normalized spacial score (nSPS) is 18.0. The highest BCUT2D eigenvalue weighted by Gasteiger charge is 2.55. The van der Waals surface area contributed by atoms with Gasteiger partial charge in [-0.15, -0.1) is 0 Å². The van der Waals surface area contributed by atoms with Gasteiger partial charge in [-0.3, -0.25) is 28.9 Å². The minimum Gasteiger partial charge on any atom is -0.384 e. The molecule has 0 aliphatic carbocycles. The molecule has 0 unspecified atom stereocenters. The topological polar surface area (TPSA) is 114 Å². The number of imide groups is 1. The zero-order valence-electron chi connectivity index (χ0n) is 21.1. The number of aromatic nitrogens is 3. The molecule has 3 amide bonds. The summed E-state index contributed by atoms with van der Waals surface area (Å²) in [5.41, 5.74) is 8.48. The summed E-state index contributed by atoms with van der Waals surface area (Å²) in [5, 5.41) is 4.14. The van der Waals surface area contributed by atoms with Crippen LogP contribution in [0.4, 0.5) is 11.6 Å². The van der Waals surface area contributed by atoms with Gasteiger partial charge in [0.25, 0.3) is 5.91 Å². The molecule has 3 heterocycles. The second kappa shape index (κ2) is 10.3. The number of nitrogen functional groups attached to an aromatic ring is 1. The minimum absolute atomic E-state index is 0.0428. The van der Waals surface area contributed by atoms with Crippen molar-refractivity contribution in [2.24, 2.45) is 13.0 Å². The first kappa shape index (κ1) is 25.1. The van der Waals surface area contributed by atoms with Crippen molar-refractivity contribution in [1.82, 2.24) is 19.7 Å². The van der Waals surface area contributed by atoms with E-state index in [-0.39, 0.29) is 30.1 Å². The Bertz CT molecular complexity index is 1250. The lowest BCUT2D eigenvalue weighted by atomic mass is 9.80. The van der Waals surface area contributed by atoms with Gasteiger partial charge < -0.3 is 5.73 Å². The molecule has 1 aliphatic rings. The number of likely N-dealkylation sites (N-methyl/N-ethyl adjacent to an activating group) is 1. The summed E-state index contributed by atoms with van der Waals surface area (Å²) in [7, 11) is 3.37. The van der Waals surface area contributed by atoms with E-state index in [9.17, 15) is 14.4 Å². The van der Waals surface area contributed by atoms with Gasteiger partial charge in [0.1, 0.15) is 17.7 Å². The second-order valence-electron chi connectivity index (χ2n) is 9.33. The first-order valence-corrected chi connectivity index (χ1v) is 12.1. The van der Waals surface area contributed by atoms with Crippen molar-refractivity contribution in [2.75, 3.05) is 17.7 Å². The number of nitrogens with two attached hydrogens (primary N) is 1. The number of pyridine rings is 1. The molecule has 1 fully saturated rings. The van der Waals surface area contributed by atoms with Crippen LogP contribution < -0.4 is 10.6 Å². The summed E-state index contributed by atoms with van der Waals surface area (Å²) in [6.07, 6.45) is 2.78. The maximum atomic E-state index is 13.7. The third kappa shape index (κ3) is 4.86. The molecule has 1 aromatic carbocycles. The number of amides is 3. The summed E-state index contributed by atoms with van der Waals surface area (Å²) in [6, 6.07) is 14.1. The lowest BCUT2D eigenvalue weighted by molar-refractivity contribution is -0.170. The lowest BCUT2D eigenvalue weighted by Gasteiger charge is -2.46. The van der Waals surface area contributed by atoms with E-state index >= 15 is 0 Å². The zero-order chi connectivity index (χ0) is 26.0. The summed E-state index contributed by atoms with van der Waals surface area (Å²) in [4.78, 5) is 47.3. The van der Waals surface area contributed by atoms with E-state index in [0.717, 1.165) is 28.1 Å². The molecule has 0 spiro atoms. The molecule has 1 aliphatic heterocycles. The Kier molecular flexibility index (Phi) is 7.19. The molecule has 3 atom stereocenters. The Morgan fingerprint density at radius 2 is 1.89 bits per heavy atom. The largest absolute Gasteiger partial charge is 0.384 e. The van der Waals surface area contributed by atoms with Gasteiger partial charge in [0, 0.05) is 32.3 Å². The predicted octanol–water partition coefficient (Wildman–Crippen LogP) is 2.85. The van der Waals surface area contributed by atoms with Crippen molar-refractivity contribution in [3.63, 3.8) is 0 Å². The maximum Gasteiger partial charge on any atom is 0.252 e. The Morgan fingerprint density at radius 1 is 1.17 bits per heavy atom. The SMILES string of the molecule is CC[C@@H](CC(=O)N1C(=O)[C@H](Cc2cc(C)nc(N)c2)[C@H]1C(=O)N(C)c1ccnn1C)c1ccccc1. The van der Waals surface area contributed by atoms with Crippen LogP contribution in [0.5, 0.6) is 0 Å². The van der Waals surface area contributed by atoms with Crippen molar-refractivity contribution in [2.45, 2.75) is 45.1 Å². The molecular formula is C27H32N6O3. The number of hydrogen-bond acceptors (Lipinski definition) is 6. The molecule has 0 saturated carbocycles. The highest BCUT2D eigenvalue weighted by atomic mass is 16.2. The van der Waals surface area contributed by atoms with Crippen LogP contribution in [0.15, 0.2) is 54.7 Å². The third-order valence-electron chi connectivity index (χ3n) is 6.88. The van der Waals surface area contributed by atoms with Crippen molar-refractivity contribution in [1.29, 1.82) is 0 Å². The minimum atomic E-state index is -0.909. The van der Waals surface area contributed by atoms with E-state index < -0.39 is 12.0 Å². The van der Waals surface area contributed by atoms with Crippen molar-refractivity contribution >= 4 is 29.4 Å². The number of β-lactam (4-membered cyclic amide) rings is 1. The Labute approximate surface area is 210 Å². The molecule has 9 heteroatoms. The fourth-order valence-corrected chi connectivity index (χ4v) is 4.99. The monoisotopic (exact) mass is 488 g/mol. The van der Waals surface area contributed by atoms with E-state index in [2.05, 4.69) is 10.1 Å². The van der Waals surface area contributed by atoms with E-state index in [4.69, 9.17) is 5.73 Å². The van der Waals surface area contributed by atoms with Crippen LogP contribution in [0.1, 0.15) is 42.5 Å². The molecule has 2 aromatic heterocycles. The lowest BCUT2D eigenvalue weighted by Crippen LogP contribution is -2.69. The summed E-state index contributed by atoms with van der Waals surface area (Å²) >= 11 is 0. The number of likely N-dealkylation sites (tertiary alicyclic amines) is 1. The van der Waals surface area contributed by atoms with Crippen LogP contribution in [0.25, 0.3) is 0 Å². The van der Waals surface area contributed by atoms with Crippen LogP contribution >= 0.6 is 0 Å². The van der Waals surface area contributed by atoms with Crippen LogP contribution in [-0.2, 0) is 27.9 Å². The van der Waals surface area contributed by atoms with Gasteiger partial charge in [0.2, 0.25) is 11.8 Å².